The Morgan fingerprint density at radius 1 is 1.00 bits per heavy atom. The normalized spacial score (nSPS) is 18.0. The minimum atomic E-state index is -2.16. The number of hydrogen-bond donors (Lipinski definition) is 2. The number of nitrogens with one attached hydrogen (secondary N) is 1. The molecular weight excluding hydrogens is 430 g/mol. The smallest absolute Gasteiger partial charge is 0.262 e. The van der Waals surface area contributed by atoms with E-state index in [2.05, 4.69) is 5.32 Å². The number of hydrogen-bond acceptors (Lipinski definition) is 5. The lowest BCUT2D eigenvalue weighted by atomic mass is 9.74. The molecular formula is C25H22ClNO5. The fourth-order valence-electron chi connectivity index (χ4n) is 4.13. The van der Waals surface area contributed by atoms with E-state index in [1.807, 2.05) is 0 Å². The molecule has 1 aliphatic heterocycles. The first-order valence-corrected chi connectivity index (χ1v) is 10.3. The zero-order valence-electron chi connectivity index (χ0n) is 17.8. The Kier molecular flexibility index (Phi) is 5.67. The molecule has 164 valence electrons. The molecule has 0 fully saturated rings. The van der Waals surface area contributed by atoms with Crippen molar-refractivity contribution in [2.24, 2.45) is 0 Å². The lowest BCUT2D eigenvalue weighted by Gasteiger charge is -2.31. The number of amides is 1. The Hall–Kier alpha value is -3.35. The molecule has 0 saturated carbocycles. The van der Waals surface area contributed by atoms with Crippen LogP contribution in [-0.4, -0.2) is 31.0 Å². The van der Waals surface area contributed by atoms with E-state index < -0.39 is 23.2 Å². The first-order valence-electron chi connectivity index (χ1n) is 9.96. The lowest BCUT2D eigenvalue weighted by Crippen LogP contribution is -2.44. The van der Waals surface area contributed by atoms with E-state index in [-0.39, 0.29) is 5.56 Å². The molecule has 0 radical (unpaired) electrons. The molecule has 3 aromatic carbocycles. The van der Waals surface area contributed by atoms with Gasteiger partial charge in [-0.05, 0) is 66.6 Å². The highest BCUT2D eigenvalue weighted by molar-refractivity contribution is 6.31. The molecule has 0 spiro atoms. The van der Waals surface area contributed by atoms with Crippen LogP contribution < -0.4 is 14.8 Å². The summed E-state index contributed by atoms with van der Waals surface area (Å²) in [5.41, 5.74) is 0.0754. The minimum Gasteiger partial charge on any atom is -0.497 e. The van der Waals surface area contributed by atoms with E-state index >= 15 is 0 Å². The van der Waals surface area contributed by atoms with Crippen molar-refractivity contribution in [3.8, 4) is 11.5 Å². The molecule has 0 saturated heterocycles. The Bertz CT molecular complexity index is 1190. The maximum absolute atomic E-state index is 13.8. The summed E-state index contributed by atoms with van der Waals surface area (Å²) in [6, 6.07) is 16.5. The number of ether oxygens (including phenoxy) is 2. The van der Waals surface area contributed by atoms with Crippen molar-refractivity contribution in [3.05, 3.63) is 87.9 Å². The number of aryl methyl sites for hydroxylation is 1. The zero-order chi connectivity index (χ0) is 23.0. The topological polar surface area (TPSA) is 84.9 Å². The molecule has 4 rings (SSSR count). The van der Waals surface area contributed by atoms with Crippen molar-refractivity contribution in [2.75, 3.05) is 19.5 Å². The first-order chi connectivity index (χ1) is 15.3. The van der Waals surface area contributed by atoms with Crippen LogP contribution in [0.3, 0.4) is 0 Å². The second-order valence-electron chi connectivity index (χ2n) is 7.66. The van der Waals surface area contributed by atoms with Gasteiger partial charge in [0, 0.05) is 16.1 Å². The average molecular weight is 452 g/mol. The van der Waals surface area contributed by atoms with E-state index in [0.29, 0.717) is 38.9 Å². The van der Waals surface area contributed by atoms with Gasteiger partial charge in [0.15, 0.2) is 11.4 Å². The van der Waals surface area contributed by atoms with Crippen molar-refractivity contribution in [1.82, 2.24) is 0 Å². The van der Waals surface area contributed by atoms with Gasteiger partial charge in [0.25, 0.3) is 5.91 Å². The Morgan fingerprint density at radius 2 is 1.56 bits per heavy atom. The molecule has 3 aromatic rings. The van der Waals surface area contributed by atoms with Gasteiger partial charge in [0.2, 0.25) is 0 Å². The molecule has 0 bridgehead atoms. The van der Waals surface area contributed by atoms with Crippen molar-refractivity contribution >= 4 is 29.0 Å². The van der Waals surface area contributed by atoms with Gasteiger partial charge in [-0.1, -0.05) is 23.7 Å². The monoisotopic (exact) mass is 451 g/mol. The van der Waals surface area contributed by atoms with Gasteiger partial charge in [-0.15, -0.1) is 0 Å². The van der Waals surface area contributed by atoms with Crippen LogP contribution in [0.5, 0.6) is 11.5 Å². The summed E-state index contributed by atoms with van der Waals surface area (Å²) in [5.74, 6) is -1.14. The number of fused-ring (bicyclic) bond motifs is 1. The Labute approximate surface area is 190 Å². The predicted octanol–water partition coefficient (Wildman–Crippen LogP) is 4.47. The molecule has 0 aliphatic carbocycles. The van der Waals surface area contributed by atoms with Gasteiger partial charge in [-0.25, -0.2) is 0 Å². The summed E-state index contributed by atoms with van der Waals surface area (Å²) in [6.07, 6.45) is 0. The Morgan fingerprint density at radius 3 is 2.12 bits per heavy atom. The fraction of sp³-hybridized carbons (Fsp3) is 0.200. The van der Waals surface area contributed by atoms with Crippen molar-refractivity contribution in [3.63, 3.8) is 0 Å². The van der Waals surface area contributed by atoms with Crippen LogP contribution in [0, 0.1) is 6.92 Å². The highest BCUT2D eigenvalue weighted by Gasteiger charge is 2.55. The van der Waals surface area contributed by atoms with E-state index in [4.69, 9.17) is 21.1 Å². The first kappa shape index (κ1) is 21.9. The van der Waals surface area contributed by atoms with Crippen LogP contribution in [0.2, 0.25) is 5.02 Å². The average Bonchev–Trinajstić information content (AvgIpc) is 3.05. The maximum Gasteiger partial charge on any atom is 0.262 e. The number of ketones is 1. The summed E-state index contributed by atoms with van der Waals surface area (Å²) >= 11 is 6.26. The van der Waals surface area contributed by atoms with E-state index in [1.165, 1.54) is 20.3 Å². The SMILES string of the molecule is COc1ccc(C(=O)[C@@H](c2ccc(OC)cc2)[C@]2(O)C(=O)Nc3c(C)cc(Cl)cc32)cc1. The number of carbonyl (C=O) groups excluding carboxylic acids is 2. The van der Waals surface area contributed by atoms with Gasteiger partial charge < -0.3 is 19.9 Å². The molecule has 1 amide bonds. The van der Waals surface area contributed by atoms with Crippen LogP contribution in [0.25, 0.3) is 0 Å². The second kappa shape index (κ2) is 8.30. The standard InChI is InChI=1S/C25H22ClNO5/c1-14-12-17(26)13-20-22(14)27-24(29)25(20,30)21(15-4-8-18(31-2)9-5-15)23(28)16-6-10-19(32-3)11-7-16/h4-13,21,30H,1-3H3,(H,27,29)/t21-,25+/m1/s1. The number of halogens is 1. The van der Waals surface area contributed by atoms with Gasteiger partial charge in [0.1, 0.15) is 11.5 Å². The predicted molar refractivity (Wildman–Crippen MR) is 122 cm³/mol. The second-order valence-corrected chi connectivity index (χ2v) is 8.10. The third-order valence-electron chi connectivity index (χ3n) is 5.80. The zero-order valence-corrected chi connectivity index (χ0v) is 18.6. The van der Waals surface area contributed by atoms with E-state index in [0.717, 1.165) is 0 Å². The van der Waals surface area contributed by atoms with Gasteiger partial charge >= 0.3 is 0 Å². The quantitative estimate of drug-likeness (QED) is 0.540. The van der Waals surface area contributed by atoms with Crippen LogP contribution in [0.15, 0.2) is 60.7 Å². The molecule has 2 atom stereocenters. The van der Waals surface area contributed by atoms with E-state index in [1.54, 1.807) is 61.5 Å². The van der Waals surface area contributed by atoms with Crippen LogP contribution >= 0.6 is 11.6 Å². The van der Waals surface area contributed by atoms with Gasteiger partial charge in [0.05, 0.1) is 25.8 Å². The third-order valence-corrected chi connectivity index (χ3v) is 6.02. The maximum atomic E-state index is 13.8. The number of benzene rings is 3. The van der Waals surface area contributed by atoms with E-state index in [9.17, 15) is 14.7 Å². The number of carbonyl (C=O) groups is 2. The molecule has 6 nitrogen and oxygen atoms in total. The number of anilines is 1. The molecule has 0 aromatic heterocycles. The summed E-state index contributed by atoms with van der Waals surface area (Å²) in [6.45, 7) is 1.78. The number of rotatable bonds is 6. The molecule has 1 heterocycles. The number of Topliss-reactive ketones (excluding diaryl/α,β-unsaturated/α-hetero) is 1. The molecule has 0 unspecified atom stereocenters. The summed E-state index contributed by atoms with van der Waals surface area (Å²) in [5, 5.41) is 15.0. The largest absolute Gasteiger partial charge is 0.497 e. The molecule has 32 heavy (non-hydrogen) atoms. The van der Waals surface area contributed by atoms with Gasteiger partial charge in [-0.2, -0.15) is 0 Å². The van der Waals surface area contributed by atoms with Crippen molar-refractivity contribution in [2.45, 2.75) is 18.4 Å². The third kappa shape index (κ3) is 3.51. The number of aliphatic hydroxyl groups is 1. The molecule has 1 aliphatic rings. The minimum absolute atomic E-state index is 0.273. The fourth-order valence-corrected chi connectivity index (χ4v) is 4.40. The Balaban J connectivity index is 1.91. The highest BCUT2D eigenvalue weighted by Crippen LogP contribution is 2.49. The van der Waals surface area contributed by atoms with Crippen LogP contribution in [0.1, 0.15) is 33.0 Å². The molecule has 7 heteroatoms. The molecule has 2 N–H and O–H groups in total. The summed E-state index contributed by atoms with van der Waals surface area (Å²) in [4.78, 5) is 27.0. The van der Waals surface area contributed by atoms with Crippen molar-refractivity contribution < 1.29 is 24.2 Å². The van der Waals surface area contributed by atoms with Crippen LogP contribution in [-0.2, 0) is 10.4 Å². The number of methoxy groups -OCH3 is 2. The van der Waals surface area contributed by atoms with Crippen LogP contribution in [0.4, 0.5) is 5.69 Å². The lowest BCUT2D eigenvalue weighted by molar-refractivity contribution is -0.135. The van der Waals surface area contributed by atoms with Gasteiger partial charge in [-0.3, -0.25) is 9.59 Å². The highest BCUT2D eigenvalue weighted by atomic mass is 35.5. The summed E-state index contributed by atoms with van der Waals surface area (Å²) in [7, 11) is 3.07. The summed E-state index contributed by atoms with van der Waals surface area (Å²) < 4.78 is 10.4. The van der Waals surface area contributed by atoms with Crippen molar-refractivity contribution in [1.29, 1.82) is 0 Å².